The van der Waals surface area contributed by atoms with Crippen molar-refractivity contribution < 1.29 is 9.53 Å². The zero-order valence-electron chi connectivity index (χ0n) is 14.9. The molecule has 25 heavy (non-hydrogen) atoms. The monoisotopic (exact) mass is 346 g/mol. The number of amides is 1. The summed E-state index contributed by atoms with van der Waals surface area (Å²) in [5, 5.41) is 10.9. The predicted octanol–water partition coefficient (Wildman–Crippen LogP) is 0.657. The van der Waals surface area contributed by atoms with Crippen LogP contribution in [0, 0.1) is 0 Å². The fraction of sp³-hybridized carbons (Fsp3) is 0.588. The third-order valence-electron chi connectivity index (χ3n) is 4.68. The maximum absolute atomic E-state index is 12.0. The minimum Gasteiger partial charge on any atom is -0.383 e. The van der Waals surface area contributed by atoms with Crippen LogP contribution in [0.25, 0.3) is 0 Å². The number of likely N-dealkylation sites (tertiary alicyclic amines) is 1. The zero-order chi connectivity index (χ0) is 17.6. The Morgan fingerprint density at radius 1 is 1.48 bits per heavy atom. The Bertz CT molecular complexity index is 695. The second-order valence-corrected chi connectivity index (χ2v) is 6.45. The highest BCUT2D eigenvalue weighted by Gasteiger charge is 2.26. The average molecular weight is 346 g/mol. The molecule has 2 aromatic heterocycles. The zero-order valence-corrected chi connectivity index (χ0v) is 14.9. The summed E-state index contributed by atoms with van der Waals surface area (Å²) < 4.78 is 8.86. The van der Waals surface area contributed by atoms with E-state index in [2.05, 4.69) is 50.5 Å². The predicted molar refractivity (Wildman–Crippen MR) is 93.1 cm³/mol. The van der Waals surface area contributed by atoms with Gasteiger partial charge in [-0.25, -0.2) is 0 Å². The fourth-order valence-corrected chi connectivity index (χ4v) is 3.24. The largest absolute Gasteiger partial charge is 0.383 e. The van der Waals surface area contributed by atoms with Gasteiger partial charge in [0.25, 0.3) is 5.91 Å². The van der Waals surface area contributed by atoms with Crippen LogP contribution in [0.1, 0.15) is 29.0 Å². The molecule has 0 aliphatic carbocycles. The second-order valence-electron chi connectivity index (χ2n) is 6.45. The van der Waals surface area contributed by atoms with Gasteiger partial charge < -0.3 is 14.6 Å². The topological polar surface area (TPSA) is 77.2 Å². The molecule has 0 aromatic carbocycles. The van der Waals surface area contributed by atoms with E-state index in [0.717, 1.165) is 26.1 Å². The summed E-state index contributed by atoms with van der Waals surface area (Å²) in [6.45, 7) is 3.73. The number of rotatable bonds is 8. The summed E-state index contributed by atoms with van der Waals surface area (Å²) in [6.07, 6.45) is 6.13. The number of nitrogens with zero attached hydrogens (tertiary/aromatic N) is 5. The van der Waals surface area contributed by atoms with Gasteiger partial charge in [-0.2, -0.15) is 0 Å². The van der Waals surface area contributed by atoms with Crippen molar-refractivity contribution in [3.8, 4) is 0 Å². The number of carbonyl (C=O) groups is 1. The van der Waals surface area contributed by atoms with Crippen LogP contribution in [0.15, 0.2) is 24.5 Å². The van der Waals surface area contributed by atoms with E-state index in [1.807, 2.05) is 0 Å². The van der Waals surface area contributed by atoms with Crippen molar-refractivity contribution in [2.24, 2.45) is 7.05 Å². The molecule has 8 heteroatoms. The number of aromatic nitrogens is 4. The first-order valence-electron chi connectivity index (χ1n) is 8.69. The lowest BCUT2D eigenvalue weighted by Gasteiger charge is -2.24. The van der Waals surface area contributed by atoms with Gasteiger partial charge in [-0.3, -0.25) is 14.4 Å². The Morgan fingerprint density at radius 2 is 2.36 bits per heavy atom. The average Bonchev–Trinajstić information content (AvgIpc) is 3.32. The quantitative estimate of drug-likeness (QED) is 0.711. The second kappa shape index (κ2) is 8.26. The van der Waals surface area contributed by atoms with E-state index in [1.165, 1.54) is 12.1 Å². The normalized spacial score (nSPS) is 17.9. The number of aryl methyl sites for hydroxylation is 1. The summed E-state index contributed by atoms with van der Waals surface area (Å²) in [6, 6.07) is 4.65. The SMILES string of the molecule is COCCNC(=O)c1cn(C[C@@H]2CCCN2Cc2cccn2C)nn1. The third kappa shape index (κ3) is 4.46. The van der Waals surface area contributed by atoms with Crippen molar-refractivity contribution in [1.29, 1.82) is 0 Å². The number of carbonyl (C=O) groups excluding carboxylic acids is 1. The molecule has 0 spiro atoms. The molecule has 2 aromatic rings. The highest BCUT2D eigenvalue weighted by molar-refractivity contribution is 5.91. The van der Waals surface area contributed by atoms with Gasteiger partial charge in [-0.05, 0) is 31.5 Å². The van der Waals surface area contributed by atoms with Crippen molar-refractivity contribution >= 4 is 5.91 Å². The molecule has 3 rings (SSSR count). The van der Waals surface area contributed by atoms with E-state index in [0.29, 0.717) is 24.9 Å². The first-order chi connectivity index (χ1) is 12.2. The molecule has 0 saturated carbocycles. The molecule has 1 N–H and O–H groups in total. The van der Waals surface area contributed by atoms with Gasteiger partial charge in [0, 0.05) is 45.2 Å². The third-order valence-corrected chi connectivity index (χ3v) is 4.68. The molecular formula is C17H26N6O2. The summed E-state index contributed by atoms with van der Waals surface area (Å²) in [4.78, 5) is 14.5. The molecule has 1 atom stereocenters. The Hall–Kier alpha value is -2.19. The smallest absolute Gasteiger partial charge is 0.273 e. The van der Waals surface area contributed by atoms with Crippen molar-refractivity contribution in [2.75, 3.05) is 26.8 Å². The van der Waals surface area contributed by atoms with Crippen molar-refractivity contribution in [3.05, 3.63) is 35.9 Å². The van der Waals surface area contributed by atoms with Crippen LogP contribution in [-0.2, 0) is 24.9 Å². The van der Waals surface area contributed by atoms with Crippen LogP contribution in [-0.4, -0.2) is 63.2 Å². The lowest BCUT2D eigenvalue weighted by atomic mass is 10.2. The Labute approximate surface area is 147 Å². The molecule has 0 bridgehead atoms. The van der Waals surface area contributed by atoms with Crippen molar-refractivity contribution in [2.45, 2.75) is 32.0 Å². The van der Waals surface area contributed by atoms with Crippen LogP contribution in [0.3, 0.4) is 0 Å². The molecule has 1 aliphatic rings. The molecule has 0 unspecified atom stereocenters. The minimum atomic E-state index is -0.213. The summed E-state index contributed by atoms with van der Waals surface area (Å²) in [5.41, 5.74) is 1.66. The Kier molecular flexibility index (Phi) is 5.83. The van der Waals surface area contributed by atoms with Crippen LogP contribution in [0.5, 0.6) is 0 Å². The molecule has 3 heterocycles. The van der Waals surface area contributed by atoms with Crippen molar-refractivity contribution in [3.63, 3.8) is 0 Å². The standard InChI is InChI=1S/C17H26N6O2/c1-21-8-3-5-14(21)11-22-9-4-6-15(22)12-23-13-16(19-20-23)17(24)18-7-10-25-2/h3,5,8,13,15H,4,6-7,9-12H2,1-2H3,(H,18,24)/t15-/m0/s1. The van der Waals surface area contributed by atoms with Crippen LogP contribution < -0.4 is 5.32 Å². The number of ether oxygens (including phenoxy) is 1. The van der Waals surface area contributed by atoms with Crippen LogP contribution in [0.2, 0.25) is 0 Å². The molecular weight excluding hydrogens is 320 g/mol. The molecule has 1 saturated heterocycles. The van der Waals surface area contributed by atoms with E-state index in [1.54, 1.807) is 18.0 Å². The van der Waals surface area contributed by atoms with Crippen LogP contribution in [0.4, 0.5) is 0 Å². The van der Waals surface area contributed by atoms with E-state index in [-0.39, 0.29) is 5.91 Å². The maximum Gasteiger partial charge on any atom is 0.273 e. The molecule has 1 fully saturated rings. The van der Waals surface area contributed by atoms with Gasteiger partial charge in [0.1, 0.15) is 0 Å². The van der Waals surface area contributed by atoms with E-state index >= 15 is 0 Å². The van der Waals surface area contributed by atoms with Crippen LogP contribution >= 0.6 is 0 Å². The lowest BCUT2D eigenvalue weighted by molar-refractivity contribution is 0.0932. The van der Waals surface area contributed by atoms with E-state index in [9.17, 15) is 4.79 Å². The number of hydrogen-bond donors (Lipinski definition) is 1. The summed E-state index contributed by atoms with van der Waals surface area (Å²) in [7, 11) is 3.68. The molecule has 0 radical (unpaired) electrons. The van der Waals surface area contributed by atoms with Gasteiger partial charge >= 0.3 is 0 Å². The highest BCUT2D eigenvalue weighted by atomic mass is 16.5. The molecule has 1 amide bonds. The van der Waals surface area contributed by atoms with E-state index in [4.69, 9.17) is 4.74 Å². The van der Waals surface area contributed by atoms with Gasteiger partial charge in [-0.15, -0.1) is 5.10 Å². The number of methoxy groups -OCH3 is 1. The first-order valence-corrected chi connectivity index (χ1v) is 8.69. The Morgan fingerprint density at radius 3 is 3.12 bits per heavy atom. The summed E-state index contributed by atoms with van der Waals surface area (Å²) in [5.74, 6) is -0.213. The fourth-order valence-electron chi connectivity index (χ4n) is 3.24. The highest BCUT2D eigenvalue weighted by Crippen LogP contribution is 2.21. The minimum absolute atomic E-state index is 0.213. The molecule has 8 nitrogen and oxygen atoms in total. The van der Waals surface area contributed by atoms with Crippen molar-refractivity contribution in [1.82, 2.24) is 29.8 Å². The molecule has 1 aliphatic heterocycles. The summed E-state index contributed by atoms with van der Waals surface area (Å²) >= 11 is 0. The number of hydrogen-bond acceptors (Lipinski definition) is 5. The maximum atomic E-state index is 12.0. The van der Waals surface area contributed by atoms with Gasteiger partial charge in [0.15, 0.2) is 5.69 Å². The molecule has 136 valence electrons. The Balaban J connectivity index is 1.56. The van der Waals surface area contributed by atoms with E-state index < -0.39 is 0 Å². The first kappa shape index (κ1) is 17.6. The van der Waals surface area contributed by atoms with Gasteiger partial charge in [0.05, 0.1) is 19.3 Å². The van der Waals surface area contributed by atoms with Gasteiger partial charge in [0.2, 0.25) is 0 Å². The van der Waals surface area contributed by atoms with Gasteiger partial charge in [-0.1, -0.05) is 5.21 Å². The number of nitrogens with one attached hydrogen (secondary N) is 1. The lowest BCUT2D eigenvalue weighted by Crippen LogP contribution is -2.33.